The Kier molecular flexibility index (Phi) is 7.50. The molecule has 33 heavy (non-hydrogen) atoms. The number of ether oxygens (including phenoxy) is 1. The summed E-state index contributed by atoms with van der Waals surface area (Å²) in [7, 11) is 0. The number of thiazole rings is 1. The van der Waals surface area contributed by atoms with Crippen molar-refractivity contribution in [3.63, 3.8) is 0 Å². The van der Waals surface area contributed by atoms with Crippen molar-refractivity contribution in [1.82, 2.24) is 19.5 Å². The number of carbonyl (C=O) groups is 2. The van der Waals surface area contributed by atoms with Crippen LogP contribution in [0, 0.1) is 0 Å². The van der Waals surface area contributed by atoms with Crippen LogP contribution in [0.3, 0.4) is 0 Å². The zero-order valence-electron chi connectivity index (χ0n) is 18.1. The van der Waals surface area contributed by atoms with Gasteiger partial charge in [-0.25, -0.2) is 9.78 Å². The van der Waals surface area contributed by atoms with E-state index in [1.54, 1.807) is 29.3 Å². The minimum Gasteiger partial charge on any atom is -0.466 e. The lowest BCUT2D eigenvalue weighted by molar-refractivity contribution is -0.142. The SMILES string of the molecule is CCOC(=O)Cc1csc(NC(=O)CSc2nc(=O)n(Cc3cccnc3)c3c2CCC3)n1. The summed E-state index contributed by atoms with van der Waals surface area (Å²) in [4.78, 5) is 49.4. The molecular weight excluding hydrogens is 462 g/mol. The Morgan fingerprint density at radius 2 is 2.18 bits per heavy atom. The van der Waals surface area contributed by atoms with Gasteiger partial charge in [-0.15, -0.1) is 11.3 Å². The molecule has 0 bridgehead atoms. The number of aromatic nitrogens is 4. The van der Waals surface area contributed by atoms with Gasteiger partial charge in [-0.3, -0.25) is 19.1 Å². The number of thioether (sulfide) groups is 1. The van der Waals surface area contributed by atoms with Gasteiger partial charge in [-0.2, -0.15) is 4.98 Å². The van der Waals surface area contributed by atoms with Crippen LogP contribution in [0.5, 0.6) is 0 Å². The Morgan fingerprint density at radius 3 is 2.97 bits per heavy atom. The van der Waals surface area contributed by atoms with E-state index in [9.17, 15) is 14.4 Å². The van der Waals surface area contributed by atoms with Gasteiger partial charge in [0.1, 0.15) is 5.03 Å². The highest BCUT2D eigenvalue weighted by atomic mass is 32.2. The second kappa shape index (κ2) is 10.7. The summed E-state index contributed by atoms with van der Waals surface area (Å²) in [5.74, 6) is -0.488. The standard InChI is InChI=1S/C22H23N5O4S2/c1-2-31-19(29)9-15-12-33-21(24-15)25-18(28)13-32-20-16-6-3-7-17(16)27(22(30)26-20)11-14-5-4-8-23-10-14/h4-5,8,10,12H,2-3,6-7,9,11,13H2,1H3,(H,24,25,28). The largest absolute Gasteiger partial charge is 0.466 e. The summed E-state index contributed by atoms with van der Waals surface area (Å²) in [6.45, 7) is 2.50. The number of pyridine rings is 1. The molecule has 3 heterocycles. The molecule has 0 aromatic carbocycles. The van der Waals surface area contributed by atoms with Gasteiger partial charge in [0.25, 0.3) is 0 Å². The molecule has 0 saturated carbocycles. The minimum absolute atomic E-state index is 0.0698. The molecule has 0 aliphatic heterocycles. The summed E-state index contributed by atoms with van der Waals surface area (Å²) in [5.41, 5.74) is 3.22. The lowest BCUT2D eigenvalue weighted by Crippen LogP contribution is -2.28. The van der Waals surface area contributed by atoms with Gasteiger partial charge in [0.15, 0.2) is 5.13 Å². The topological polar surface area (TPSA) is 116 Å². The number of hydrogen-bond donors (Lipinski definition) is 1. The molecular formula is C22H23N5O4S2. The lowest BCUT2D eigenvalue weighted by Gasteiger charge is -2.14. The van der Waals surface area contributed by atoms with Crippen LogP contribution in [0.25, 0.3) is 0 Å². The van der Waals surface area contributed by atoms with Crippen molar-refractivity contribution in [1.29, 1.82) is 0 Å². The molecule has 3 aromatic rings. The van der Waals surface area contributed by atoms with Gasteiger partial charge in [-0.1, -0.05) is 17.8 Å². The van der Waals surface area contributed by atoms with E-state index >= 15 is 0 Å². The number of fused-ring (bicyclic) bond motifs is 1. The van der Waals surface area contributed by atoms with Crippen molar-refractivity contribution in [3.05, 3.63) is 62.9 Å². The summed E-state index contributed by atoms with van der Waals surface area (Å²) in [6, 6.07) is 3.78. The van der Waals surface area contributed by atoms with Gasteiger partial charge in [0.2, 0.25) is 5.91 Å². The average Bonchev–Trinajstić information content (AvgIpc) is 3.45. The molecule has 1 N–H and O–H groups in total. The molecule has 0 fully saturated rings. The number of anilines is 1. The first kappa shape index (κ1) is 23.1. The fourth-order valence-corrected chi connectivity index (χ4v) is 5.24. The zero-order chi connectivity index (χ0) is 23.2. The molecule has 0 saturated heterocycles. The predicted octanol–water partition coefficient (Wildman–Crippen LogP) is 2.47. The van der Waals surface area contributed by atoms with E-state index in [1.165, 1.54) is 23.1 Å². The van der Waals surface area contributed by atoms with Gasteiger partial charge in [-0.05, 0) is 37.8 Å². The summed E-state index contributed by atoms with van der Waals surface area (Å²) >= 11 is 2.51. The molecule has 172 valence electrons. The van der Waals surface area contributed by atoms with Crippen LogP contribution in [0.1, 0.15) is 35.9 Å². The molecule has 1 amide bonds. The van der Waals surface area contributed by atoms with E-state index in [4.69, 9.17) is 4.74 Å². The smallest absolute Gasteiger partial charge is 0.349 e. The highest BCUT2D eigenvalue weighted by Crippen LogP contribution is 2.29. The molecule has 3 aromatic heterocycles. The third-order valence-electron chi connectivity index (χ3n) is 5.03. The molecule has 0 radical (unpaired) electrons. The number of nitrogens with zero attached hydrogens (tertiary/aromatic N) is 4. The first-order chi connectivity index (χ1) is 16.0. The molecule has 0 spiro atoms. The predicted molar refractivity (Wildman–Crippen MR) is 126 cm³/mol. The maximum absolute atomic E-state index is 12.7. The highest BCUT2D eigenvalue weighted by Gasteiger charge is 2.23. The molecule has 4 rings (SSSR count). The van der Waals surface area contributed by atoms with Crippen molar-refractivity contribution in [2.24, 2.45) is 0 Å². The van der Waals surface area contributed by atoms with E-state index in [0.29, 0.717) is 29.0 Å². The van der Waals surface area contributed by atoms with E-state index < -0.39 is 0 Å². The van der Waals surface area contributed by atoms with Crippen molar-refractivity contribution in [2.75, 3.05) is 17.7 Å². The molecule has 0 unspecified atom stereocenters. The second-order valence-electron chi connectivity index (χ2n) is 7.39. The number of amides is 1. The van der Waals surface area contributed by atoms with Crippen LogP contribution in [-0.2, 0) is 40.1 Å². The monoisotopic (exact) mass is 485 g/mol. The van der Waals surface area contributed by atoms with Crippen LogP contribution in [0.15, 0.2) is 39.7 Å². The third kappa shape index (κ3) is 5.85. The first-order valence-corrected chi connectivity index (χ1v) is 12.4. The van der Waals surface area contributed by atoms with Crippen LogP contribution in [-0.4, -0.2) is 43.8 Å². The molecule has 1 aliphatic carbocycles. The number of esters is 1. The summed E-state index contributed by atoms with van der Waals surface area (Å²) in [5, 5.41) is 5.50. The first-order valence-electron chi connectivity index (χ1n) is 10.6. The van der Waals surface area contributed by atoms with Crippen molar-refractivity contribution in [2.45, 2.75) is 44.2 Å². The van der Waals surface area contributed by atoms with Crippen LogP contribution < -0.4 is 11.0 Å². The fourth-order valence-electron chi connectivity index (χ4n) is 3.64. The molecule has 11 heteroatoms. The maximum Gasteiger partial charge on any atom is 0.349 e. The number of carbonyl (C=O) groups excluding carboxylic acids is 2. The zero-order valence-corrected chi connectivity index (χ0v) is 19.7. The van der Waals surface area contributed by atoms with Crippen LogP contribution in [0.2, 0.25) is 0 Å². The van der Waals surface area contributed by atoms with E-state index in [1.807, 2.05) is 12.1 Å². The van der Waals surface area contributed by atoms with E-state index in [-0.39, 0.29) is 29.7 Å². The van der Waals surface area contributed by atoms with Crippen LogP contribution >= 0.6 is 23.1 Å². The van der Waals surface area contributed by atoms with Crippen LogP contribution in [0.4, 0.5) is 5.13 Å². The highest BCUT2D eigenvalue weighted by molar-refractivity contribution is 8.00. The summed E-state index contributed by atoms with van der Waals surface area (Å²) in [6.07, 6.45) is 6.12. The van der Waals surface area contributed by atoms with E-state index in [0.717, 1.165) is 36.1 Å². The number of nitrogens with one attached hydrogen (secondary N) is 1. The Morgan fingerprint density at radius 1 is 1.30 bits per heavy atom. The summed E-state index contributed by atoms with van der Waals surface area (Å²) < 4.78 is 6.62. The Balaban J connectivity index is 1.40. The van der Waals surface area contributed by atoms with Gasteiger partial charge >= 0.3 is 11.7 Å². The maximum atomic E-state index is 12.7. The Hall–Kier alpha value is -3.05. The van der Waals surface area contributed by atoms with Gasteiger partial charge < -0.3 is 10.1 Å². The second-order valence-corrected chi connectivity index (χ2v) is 9.21. The van der Waals surface area contributed by atoms with Crippen molar-refractivity contribution in [3.8, 4) is 0 Å². The normalized spacial score (nSPS) is 12.4. The Bertz CT molecular complexity index is 1210. The lowest BCUT2D eigenvalue weighted by atomic mass is 10.2. The quantitative estimate of drug-likeness (QED) is 0.279. The fraction of sp³-hybridized carbons (Fsp3) is 0.364. The molecule has 9 nitrogen and oxygen atoms in total. The van der Waals surface area contributed by atoms with Crippen molar-refractivity contribution >= 4 is 40.1 Å². The number of hydrogen-bond acceptors (Lipinski definition) is 9. The Labute approximate surface area is 198 Å². The molecule has 1 aliphatic rings. The van der Waals surface area contributed by atoms with Gasteiger partial charge in [0, 0.05) is 29.0 Å². The van der Waals surface area contributed by atoms with Gasteiger partial charge in [0.05, 0.1) is 31.0 Å². The minimum atomic E-state index is -0.352. The third-order valence-corrected chi connectivity index (χ3v) is 6.86. The number of rotatable bonds is 9. The molecule has 0 atom stereocenters. The van der Waals surface area contributed by atoms with Crippen molar-refractivity contribution < 1.29 is 14.3 Å². The average molecular weight is 486 g/mol. The van der Waals surface area contributed by atoms with E-state index in [2.05, 4.69) is 20.3 Å².